The first-order valence-corrected chi connectivity index (χ1v) is 6.02. The van der Waals surface area contributed by atoms with Gasteiger partial charge in [0, 0.05) is 19.5 Å². The number of halogens is 2. The zero-order valence-corrected chi connectivity index (χ0v) is 10.8. The standard InChI is InChI=1S/C14H17F2NO2/c1-3-5-8-17-10-11-6-7-12(19-14(15)16)13(9-11)18-4-2/h1,6-7,9,14,17H,4-5,8,10H2,2H3. The maximum absolute atomic E-state index is 12.2. The second-order valence-corrected chi connectivity index (χ2v) is 3.72. The van der Waals surface area contributed by atoms with Gasteiger partial charge in [0.2, 0.25) is 0 Å². The Morgan fingerprint density at radius 3 is 2.79 bits per heavy atom. The van der Waals surface area contributed by atoms with Crippen molar-refractivity contribution in [3.8, 4) is 23.8 Å². The van der Waals surface area contributed by atoms with E-state index in [1.54, 1.807) is 19.1 Å². The van der Waals surface area contributed by atoms with Gasteiger partial charge in [-0.15, -0.1) is 12.3 Å². The van der Waals surface area contributed by atoms with Gasteiger partial charge in [0.25, 0.3) is 0 Å². The Kier molecular flexibility index (Phi) is 6.69. The summed E-state index contributed by atoms with van der Waals surface area (Å²) in [5, 5.41) is 3.15. The lowest BCUT2D eigenvalue weighted by Crippen LogP contribution is -2.14. The molecular weight excluding hydrogens is 252 g/mol. The third kappa shape index (κ3) is 5.58. The summed E-state index contributed by atoms with van der Waals surface area (Å²) in [5.41, 5.74) is 0.919. The number of terminal acetylenes is 1. The molecular formula is C14H17F2NO2. The summed E-state index contributed by atoms with van der Waals surface area (Å²) in [6, 6.07) is 4.88. The first kappa shape index (κ1) is 15.3. The molecule has 104 valence electrons. The molecule has 5 heteroatoms. The fourth-order valence-electron chi connectivity index (χ4n) is 1.52. The van der Waals surface area contributed by atoms with Crippen molar-refractivity contribution in [3.05, 3.63) is 23.8 Å². The lowest BCUT2D eigenvalue weighted by molar-refractivity contribution is -0.0514. The smallest absolute Gasteiger partial charge is 0.387 e. The van der Waals surface area contributed by atoms with E-state index >= 15 is 0 Å². The van der Waals surface area contributed by atoms with E-state index in [1.165, 1.54) is 6.07 Å². The van der Waals surface area contributed by atoms with Crippen molar-refractivity contribution in [2.75, 3.05) is 13.2 Å². The Balaban J connectivity index is 2.69. The highest BCUT2D eigenvalue weighted by Gasteiger charge is 2.11. The molecule has 0 spiro atoms. The molecule has 0 fully saturated rings. The van der Waals surface area contributed by atoms with Crippen molar-refractivity contribution in [1.29, 1.82) is 0 Å². The van der Waals surface area contributed by atoms with Gasteiger partial charge in [0.15, 0.2) is 11.5 Å². The summed E-state index contributed by atoms with van der Waals surface area (Å²) < 4.78 is 34.1. The minimum absolute atomic E-state index is 0.0456. The molecule has 0 radical (unpaired) electrons. The van der Waals surface area contributed by atoms with E-state index in [1.807, 2.05) is 0 Å². The third-order valence-corrected chi connectivity index (χ3v) is 2.30. The number of benzene rings is 1. The number of ether oxygens (including phenoxy) is 2. The molecule has 0 heterocycles. The monoisotopic (exact) mass is 269 g/mol. The van der Waals surface area contributed by atoms with Crippen LogP contribution in [-0.4, -0.2) is 19.8 Å². The highest BCUT2D eigenvalue weighted by molar-refractivity contribution is 5.43. The molecule has 1 rings (SSSR count). The number of hydrogen-bond donors (Lipinski definition) is 1. The van der Waals surface area contributed by atoms with Gasteiger partial charge in [-0.05, 0) is 24.6 Å². The predicted octanol–water partition coefficient (Wildman–Crippen LogP) is 2.80. The van der Waals surface area contributed by atoms with Gasteiger partial charge < -0.3 is 14.8 Å². The Labute approximate surface area is 111 Å². The lowest BCUT2D eigenvalue weighted by Gasteiger charge is -2.13. The maximum Gasteiger partial charge on any atom is 0.387 e. The second-order valence-electron chi connectivity index (χ2n) is 3.72. The summed E-state index contributed by atoms with van der Waals surface area (Å²) in [6.07, 6.45) is 5.78. The molecule has 0 amide bonds. The van der Waals surface area contributed by atoms with Gasteiger partial charge in [0.05, 0.1) is 6.61 Å². The second kappa shape index (κ2) is 8.33. The number of hydrogen-bond acceptors (Lipinski definition) is 3. The van der Waals surface area contributed by atoms with Crippen molar-refractivity contribution in [1.82, 2.24) is 5.32 Å². The van der Waals surface area contributed by atoms with Crippen LogP contribution in [0.15, 0.2) is 18.2 Å². The summed E-state index contributed by atoms with van der Waals surface area (Å²) in [7, 11) is 0. The molecule has 0 aliphatic rings. The minimum Gasteiger partial charge on any atom is -0.490 e. The van der Waals surface area contributed by atoms with Crippen molar-refractivity contribution < 1.29 is 18.3 Å². The van der Waals surface area contributed by atoms with Crippen LogP contribution in [0, 0.1) is 12.3 Å². The maximum atomic E-state index is 12.2. The predicted molar refractivity (Wildman–Crippen MR) is 69.4 cm³/mol. The van der Waals surface area contributed by atoms with Gasteiger partial charge in [0.1, 0.15) is 0 Å². The number of alkyl halides is 2. The topological polar surface area (TPSA) is 30.5 Å². The highest BCUT2D eigenvalue weighted by Crippen LogP contribution is 2.29. The molecule has 0 unspecified atom stereocenters. The first-order chi connectivity index (χ1) is 9.17. The van der Waals surface area contributed by atoms with E-state index in [2.05, 4.69) is 16.0 Å². The molecule has 0 saturated heterocycles. The van der Waals surface area contributed by atoms with E-state index in [0.717, 1.165) is 5.56 Å². The normalized spacial score (nSPS) is 10.3. The Morgan fingerprint density at radius 1 is 1.37 bits per heavy atom. The highest BCUT2D eigenvalue weighted by atomic mass is 19.3. The first-order valence-electron chi connectivity index (χ1n) is 6.02. The fraction of sp³-hybridized carbons (Fsp3) is 0.429. The lowest BCUT2D eigenvalue weighted by atomic mass is 10.2. The van der Waals surface area contributed by atoms with Crippen LogP contribution in [0.5, 0.6) is 11.5 Å². The molecule has 0 saturated carbocycles. The largest absolute Gasteiger partial charge is 0.490 e. The molecule has 0 aliphatic heterocycles. The number of nitrogens with one attached hydrogen (secondary N) is 1. The molecule has 19 heavy (non-hydrogen) atoms. The van der Waals surface area contributed by atoms with Gasteiger partial charge in [-0.2, -0.15) is 8.78 Å². The van der Waals surface area contributed by atoms with E-state index in [0.29, 0.717) is 31.9 Å². The summed E-state index contributed by atoms with van der Waals surface area (Å²) in [5.74, 6) is 2.89. The van der Waals surface area contributed by atoms with Crippen LogP contribution in [0.3, 0.4) is 0 Å². The van der Waals surface area contributed by atoms with Crippen LogP contribution >= 0.6 is 0 Å². The quantitative estimate of drug-likeness (QED) is 0.581. The molecule has 0 aliphatic carbocycles. The van der Waals surface area contributed by atoms with Crippen LogP contribution < -0.4 is 14.8 Å². The van der Waals surface area contributed by atoms with Crippen LogP contribution in [0.25, 0.3) is 0 Å². The summed E-state index contributed by atoms with van der Waals surface area (Å²) >= 11 is 0. The van der Waals surface area contributed by atoms with Gasteiger partial charge in [-0.1, -0.05) is 6.07 Å². The number of rotatable bonds is 8. The SMILES string of the molecule is C#CCCNCc1ccc(OC(F)F)c(OCC)c1. The fourth-order valence-corrected chi connectivity index (χ4v) is 1.52. The van der Waals surface area contributed by atoms with E-state index in [9.17, 15) is 8.78 Å². The van der Waals surface area contributed by atoms with Crippen LogP contribution in [-0.2, 0) is 6.54 Å². The summed E-state index contributed by atoms with van der Waals surface area (Å²) in [6.45, 7) is 0.600. The van der Waals surface area contributed by atoms with Gasteiger partial charge in [-0.25, -0.2) is 0 Å². The van der Waals surface area contributed by atoms with Crippen molar-refractivity contribution in [2.45, 2.75) is 26.5 Å². The van der Waals surface area contributed by atoms with E-state index in [-0.39, 0.29) is 5.75 Å². The zero-order valence-electron chi connectivity index (χ0n) is 10.8. The Bertz CT molecular complexity index is 430. The average molecular weight is 269 g/mol. The van der Waals surface area contributed by atoms with Crippen molar-refractivity contribution in [3.63, 3.8) is 0 Å². The molecule has 0 atom stereocenters. The zero-order chi connectivity index (χ0) is 14.1. The van der Waals surface area contributed by atoms with Crippen molar-refractivity contribution in [2.24, 2.45) is 0 Å². The van der Waals surface area contributed by atoms with Gasteiger partial charge in [-0.3, -0.25) is 0 Å². The third-order valence-electron chi connectivity index (χ3n) is 2.30. The van der Waals surface area contributed by atoms with Crippen LogP contribution in [0.2, 0.25) is 0 Å². The molecule has 1 N–H and O–H groups in total. The Hall–Kier alpha value is -1.80. The van der Waals surface area contributed by atoms with Gasteiger partial charge >= 0.3 is 6.61 Å². The summed E-state index contributed by atoms with van der Waals surface area (Å²) in [4.78, 5) is 0. The Morgan fingerprint density at radius 2 is 2.16 bits per heavy atom. The molecule has 3 nitrogen and oxygen atoms in total. The minimum atomic E-state index is -2.86. The molecule has 0 bridgehead atoms. The molecule has 1 aromatic carbocycles. The van der Waals surface area contributed by atoms with Crippen LogP contribution in [0.1, 0.15) is 18.9 Å². The van der Waals surface area contributed by atoms with Crippen molar-refractivity contribution >= 4 is 0 Å². The van der Waals surface area contributed by atoms with Crippen LogP contribution in [0.4, 0.5) is 8.78 Å². The molecule has 0 aromatic heterocycles. The molecule has 1 aromatic rings. The van der Waals surface area contributed by atoms with E-state index in [4.69, 9.17) is 11.2 Å². The van der Waals surface area contributed by atoms with E-state index < -0.39 is 6.61 Å². The average Bonchev–Trinajstić information content (AvgIpc) is 2.37.